The second-order valence-electron chi connectivity index (χ2n) is 4.40. The van der Waals surface area contributed by atoms with Gasteiger partial charge in [-0.2, -0.15) is 5.10 Å². The van der Waals surface area contributed by atoms with E-state index in [1.807, 2.05) is 13.8 Å². The molecule has 0 aliphatic heterocycles. The Balaban J connectivity index is 2.62. The maximum Gasteiger partial charge on any atom is 0.340 e. The van der Waals surface area contributed by atoms with Crippen LogP contribution in [-0.4, -0.2) is 20.9 Å². The molecule has 0 bridgehead atoms. The van der Waals surface area contributed by atoms with Crippen LogP contribution in [0, 0.1) is 5.82 Å². The van der Waals surface area contributed by atoms with Crippen LogP contribution in [0.2, 0.25) is 5.15 Å². The summed E-state index contributed by atoms with van der Waals surface area (Å²) in [6, 6.07) is 5.51. The highest BCUT2D eigenvalue weighted by atomic mass is 35.5. The van der Waals surface area contributed by atoms with Crippen LogP contribution >= 0.6 is 11.6 Å². The first-order valence-electron chi connectivity index (χ1n) is 5.69. The molecule has 6 heteroatoms. The highest BCUT2D eigenvalue weighted by Gasteiger charge is 2.24. The zero-order valence-electron chi connectivity index (χ0n) is 10.4. The van der Waals surface area contributed by atoms with E-state index in [0.717, 1.165) is 0 Å². The second kappa shape index (κ2) is 5.01. The molecule has 1 heterocycles. The van der Waals surface area contributed by atoms with Gasteiger partial charge in [0, 0.05) is 0 Å². The lowest BCUT2D eigenvalue weighted by Gasteiger charge is -2.02. The summed E-state index contributed by atoms with van der Waals surface area (Å²) in [7, 11) is 0. The molecule has 0 atom stereocenters. The van der Waals surface area contributed by atoms with Gasteiger partial charge < -0.3 is 5.11 Å². The molecule has 0 radical (unpaired) electrons. The van der Waals surface area contributed by atoms with E-state index in [0.29, 0.717) is 11.4 Å². The number of aromatic nitrogens is 2. The molecule has 4 nitrogen and oxygen atoms in total. The SMILES string of the molecule is CC(C)c1nn(-c2ccc(F)cc2)c(Cl)c1C(=O)O. The van der Waals surface area contributed by atoms with Gasteiger partial charge in [0.05, 0.1) is 11.4 Å². The number of carbonyl (C=O) groups is 1. The van der Waals surface area contributed by atoms with Gasteiger partial charge in [0.1, 0.15) is 16.5 Å². The molecule has 100 valence electrons. The molecular formula is C13H12ClFN2O2. The number of halogens is 2. The normalized spacial score (nSPS) is 11.0. The number of carboxylic acids is 1. The summed E-state index contributed by atoms with van der Waals surface area (Å²) in [5.41, 5.74) is 0.906. The van der Waals surface area contributed by atoms with E-state index >= 15 is 0 Å². The van der Waals surface area contributed by atoms with Gasteiger partial charge >= 0.3 is 5.97 Å². The van der Waals surface area contributed by atoms with Crippen molar-refractivity contribution in [2.24, 2.45) is 0 Å². The van der Waals surface area contributed by atoms with Gasteiger partial charge in [0.15, 0.2) is 0 Å². The lowest BCUT2D eigenvalue weighted by atomic mass is 10.1. The summed E-state index contributed by atoms with van der Waals surface area (Å²) in [5.74, 6) is -1.58. The number of hydrogen-bond acceptors (Lipinski definition) is 2. The van der Waals surface area contributed by atoms with E-state index in [-0.39, 0.29) is 22.5 Å². The third kappa shape index (κ3) is 2.46. The summed E-state index contributed by atoms with van der Waals surface area (Å²) in [6.07, 6.45) is 0. The van der Waals surface area contributed by atoms with Crippen molar-refractivity contribution in [1.82, 2.24) is 9.78 Å². The number of benzene rings is 1. The fourth-order valence-corrected chi connectivity index (χ4v) is 2.08. The van der Waals surface area contributed by atoms with Gasteiger partial charge in [0.2, 0.25) is 0 Å². The molecule has 0 aliphatic carbocycles. The Morgan fingerprint density at radius 3 is 2.37 bits per heavy atom. The minimum atomic E-state index is -1.12. The van der Waals surface area contributed by atoms with Gasteiger partial charge in [-0.1, -0.05) is 25.4 Å². The van der Waals surface area contributed by atoms with Crippen LogP contribution in [0.4, 0.5) is 4.39 Å². The first-order chi connectivity index (χ1) is 8.91. The average molecular weight is 283 g/mol. The molecule has 0 saturated heterocycles. The van der Waals surface area contributed by atoms with Crippen LogP contribution in [0.5, 0.6) is 0 Å². The largest absolute Gasteiger partial charge is 0.478 e. The summed E-state index contributed by atoms with van der Waals surface area (Å²) in [6.45, 7) is 3.67. The first kappa shape index (κ1) is 13.5. The maximum atomic E-state index is 12.9. The standard InChI is InChI=1S/C13H12ClFN2O2/c1-7(2)11-10(13(18)19)12(14)17(16-11)9-5-3-8(15)4-6-9/h3-7H,1-2H3,(H,18,19). The van der Waals surface area contributed by atoms with Crippen molar-refractivity contribution in [3.05, 3.63) is 46.5 Å². The highest BCUT2D eigenvalue weighted by Crippen LogP contribution is 2.28. The molecule has 2 aromatic rings. The summed E-state index contributed by atoms with van der Waals surface area (Å²) < 4.78 is 14.2. The number of hydrogen-bond donors (Lipinski definition) is 1. The van der Waals surface area contributed by atoms with E-state index in [9.17, 15) is 14.3 Å². The highest BCUT2D eigenvalue weighted by molar-refractivity contribution is 6.33. The Labute approximate surface area is 114 Å². The fourth-order valence-electron chi connectivity index (χ4n) is 1.77. The third-order valence-corrected chi connectivity index (χ3v) is 3.04. The summed E-state index contributed by atoms with van der Waals surface area (Å²) in [5, 5.41) is 13.4. The molecule has 19 heavy (non-hydrogen) atoms. The second-order valence-corrected chi connectivity index (χ2v) is 4.76. The van der Waals surface area contributed by atoms with Crippen LogP contribution in [0.1, 0.15) is 35.8 Å². The van der Waals surface area contributed by atoms with Gasteiger partial charge in [-0.05, 0) is 30.2 Å². The van der Waals surface area contributed by atoms with E-state index < -0.39 is 5.97 Å². The Morgan fingerprint density at radius 1 is 1.37 bits per heavy atom. The lowest BCUT2D eigenvalue weighted by Crippen LogP contribution is -2.01. The lowest BCUT2D eigenvalue weighted by molar-refractivity contribution is 0.0695. The smallest absolute Gasteiger partial charge is 0.340 e. The van der Waals surface area contributed by atoms with Crippen molar-refractivity contribution in [1.29, 1.82) is 0 Å². The van der Waals surface area contributed by atoms with Crippen LogP contribution < -0.4 is 0 Å². The van der Waals surface area contributed by atoms with Crippen LogP contribution in [-0.2, 0) is 0 Å². The monoisotopic (exact) mass is 282 g/mol. The molecule has 0 amide bonds. The Hall–Kier alpha value is -1.88. The maximum absolute atomic E-state index is 12.9. The molecule has 1 aromatic carbocycles. The zero-order chi connectivity index (χ0) is 14.2. The van der Waals surface area contributed by atoms with Crippen molar-refractivity contribution in [3.8, 4) is 5.69 Å². The van der Waals surface area contributed by atoms with E-state index in [2.05, 4.69) is 5.10 Å². The van der Waals surface area contributed by atoms with Gasteiger partial charge in [0.25, 0.3) is 0 Å². The molecule has 0 aliphatic rings. The van der Waals surface area contributed by atoms with Crippen molar-refractivity contribution in [3.63, 3.8) is 0 Å². The average Bonchev–Trinajstić information content (AvgIpc) is 2.68. The van der Waals surface area contributed by atoms with Crippen molar-refractivity contribution in [2.75, 3.05) is 0 Å². The fraction of sp³-hybridized carbons (Fsp3) is 0.231. The number of carboxylic acid groups (broad SMARTS) is 1. The predicted molar refractivity (Wildman–Crippen MR) is 69.6 cm³/mol. The molecule has 0 fully saturated rings. The van der Waals surface area contributed by atoms with Gasteiger partial charge in [-0.25, -0.2) is 13.9 Å². The summed E-state index contributed by atoms with van der Waals surface area (Å²) in [4.78, 5) is 11.2. The Morgan fingerprint density at radius 2 is 1.95 bits per heavy atom. The van der Waals surface area contributed by atoms with Crippen LogP contribution in [0.25, 0.3) is 5.69 Å². The van der Waals surface area contributed by atoms with Crippen molar-refractivity contribution < 1.29 is 14.3 Å². The molecular weight excluding hydrogens is 271 g/mol. The minimum Gasteiger partial charge on any atom is -0.478 e. The third-order valence-electron chi connectivity index (χ3n) is 2.69. The Bertz CT molecular complexity index is 620. The van der Waals surface area contributed by atoms with Crippen LogP contribution in [0.3, 0.4) is 0 Å². The zero-order valence-corrected chi connectivity index (χ0v) is 11.1. The van der Waals surface area contributed by atoms with E-state index in [4.69, 9.17) is 11.6 Å². The van der Waals surface area contributed by atoms with Crippen molar-refractivity contribution in [2.45, 2.75) is 19.8 Å². The van der Waals surface area contributed by atoms with Gasteiger partial charge in [-0.15, -0.1) is 0 Å². The van der Waals surface area contributed by atoms with E-state index in [1.165, 1.54) is 28.9 Å². The Kier molecular flexibility index (Phi) is 3.57. The quantitative estimate of drug-likeness (QED) is 0.937. The molecule has 0 unspecified atom stereocenters. The molecule has 0 spiro atoms. The number of rotatable bonds is 3. The number of aromatic carboxylic acids is 1. The van der Waals surface area contributed by atoms with Crippen LogP contribution in [0.15, 0.2) is 24.3 Å². The molecule has 1 aromatic heterocycles. The van der Waals surface area contributed by atoms with Gasteiger partial charge in [-0.3, -0.25) is 0 Å². The summed E-state index contributed by atoms with van der Waals surface area (Å²) >= 11 is 6.07. The van der Waals surface area contributed by atoms with Crippen molar-refractivity contribution >= 4 is 17.6 Å². The topological polar surface area (TPSA) is 55.1 Å². The molecule has 1 N–H and O–H groups in total. The van der Waals surface area contributed by atoms with E-state index in [1.54, 1.807) is 0 Å². The number of nitrogens with zero attached hydrogens (tertiary/aromatic N) is 2. The first-order valence-corrected chi connectivity index (χ1v) is 6.07. The molecule has 2 rings (SSSR count). The molecule has 0 saturated carbocycles. The minimum absolute atomic E-state index is 0.0130. The predicted octanol–water partition coefficient (Wildman–Crippen LogP) is 3.49.